The Morgan fingerprint density at radius 2 is 1.96 bits per heavy atom. The normalized spacial score (nSPS) is 12.3. The number of hydrogen-bond acceptors (Lipinski definition) is 3. The van der Waals surface area contributed by atoms with Crippen molar-refractivity contribution in [1.82, 2.24) is 0 Å². The Bertz CT molecular complexity index is 436. The van der Waals surface area contributed by atoms with Crippen LogP contribution in [-0.4, -0.2) is 35.3 Å². The average Bonchev–Trinajstić information content (AvgIpc) is 2.54. The SMILES string of the molecule is CCCCCCSC(CCOCCc1ccc(Cl)cc1)C(=O)O. The number of rotatable bonds is 13. The van der Waals surface area contributed by atoms with Gasteiger partial charge >= 0.3 is 5.97 Å². The zero-order chi connectivity index (χ0) is 16.9. The lowest BCUT2D eigenvalue weighted by molar-refractivity contribution is -0.136. The van der Waals surface area contributed by atoms with Crippen molar-refractivity contribution in [2.24, 2.45) is 0 Å². The first-order valence-electron chi connectivity index (χ1n) is 8.30. The van der Waals surface area contributed by atoms with Crippen LogP contribution in [-0.2, 0) is 16.0 Å². The first kappa shape index (κ1) is 20.3. The molecule has 1 atom stereocenters. The number of benzene rings is 1. The predicted molar refractivity (Wildman–Crippen MR) is 98.6 cm³/mol. The Hall–Kier alpha value is -0.710. The highest BCUT2D eigenvalue weighted by Crippen LogP contribution is 2.18. The number of carbonyl (C=O) groups is 1. The van der Waals surface area contributed by atoms with E-state index in [-0.39, 0.29) is 5.25 Å². The molecule has 0 amide bonds. The van der Waals surface area contributed by atoms with Crippen molar-refractivity contribution in [1.29, 1.82) is 0 Å². The van der Waals surface area contributed by atoms with E-state index in [2.05, 4.69) is 6.92 Å². The molecule has 0 saturated heterocycles. The summed E-state index contributed by atoms with van der Waals surface area (Å²) < 4.78 is 5.58. The van der Waals surface area contributed by atoms with Gasteiger partial charge in [0.25, 0.3) is 0 Å². The molecule has 0 radical (unpaired) electrons. The van der Waals surface area contributed by atoms with Crippen LogP contribution in [0.4, 0.5) is 0 Å². The summed E-state index contributed by atoms with van der Waals surface area (Å²) in [4.78, 5) is 11.2. The number of ether oxygens (including phenoxy) is 1. The maximum atomic E-state index is 11.2. The summed E-state index contributed by atoms with van der Waals surface area (Å²) in [7, 11) is 0. The van der Waals surface area contributed by atoms with Gasteiger partial charge in [-0.25, -0.2) is 0 Å². The van der Waals surface area contributed by atoms with Gasteiger partial charge in [0.2, 0.25) is 0 Å². The number of carboxylic acid groups (broad SMARTS) is 1. The fourth-order valence-electron chi connectivity index (χ4n) is 2.17. The van der Waals surface area contributed by atoms with Gasteiger partial charge in [-0.1, -0.05) is 49.9 Å². The van der Waals surface area contributed by atoms with Crippen molar-refractivity contribution in [3.05, 3.63) is 34.9 Å². The molecule has 0 aliphatic carbocycles. The standard InChI is InChI=1S/C18H27ClO3S/c1-2-3-4-5-14-23-17(18(20)21)11-13-22-12-10-15-6-8-16(19)9-7-15/h6-9,17H,2-5,10-14H2,1H3,(H,20,21). The number of unbranched alkanes of at least 4 members (excludes halogenated alkanes) is 3. The maximum absolute atomic E-state index is 11.2. The first-order chi connectivity index (χ1) is 11.1. The molecule has 0 bridgehead atoms. The Labute approximate surface area is 148 Å². The molecule has 0 fully saturated rings. The Morgan fingerprint density at radius 3 is 2.61 bits per heavy atom. The monoisotopic (exact) mass is 358 g/mol. The summed E-state index contributed by atoms with van der Waals surface area (Å²) in [5.41, 5.74) is 1.18. The molecule has 0 heterocycles. The quantitative estimate of drug-likeness (QED) is 0.501. The highest BCUT2D eigenvalue weighted by Gasteiger charge is 2.17. The number of thioether (sulfide) groups is 1. The topological polar surface area (TPSA) is 46.5 Å². The zero-order valence-electron chi connectivity index (χ0n) is 13.8. The smallest absolute Gasteiger partial charge is 0.316 e. The molecule has 0 aliphatic heterocycles. The second kappa shape index (κ2) is 12.7. The highest BCUT2D eigenvalue weighted by molar-refractivity contribution is 8.00. The fourth-order valence-corrected chi connectivity index (χ4v) is 3.35. The third-order valence-corrected chi connectivity index (χ3v) is 5.18. The molecule has 0 saturated carbocycles. The second-order valence-corrected chi connectivity index (χ2v) is 7.28. The molecule has 1 aromatic carbocycles. The predicted octanol–water partition coefficient (Wildman–Crippen LogP) is 5.06. The van der Waals surface area contributed by atoms with E-state index in [0.717, 1.165) is 23.6 Å². The second-order valence-electron chi connectivity index (χ2n) is 5.54. The van der Waals surface area contributed by atoms with E-state index in [0.29, 0.717) is 19.6 Å². The molecular weight excluding hydrogens is 332 g/mol. The fraction of sp³-hybridized carbons (Fsp3) is 0.611. The Morgan fingerprint density at radius 1 is 1.22 bits per heavy atom. The van der Waals surface area contributed by atoms with E-state index >= 15 is 0 Å². The Kier molecular flexibility index (Phi) is 11.2. The van der Waals surface area contributed by atoms with Crippen LogP contribution in [0.1, 0.15) is 44.6 Å². The molecule has 130 valence electrons. The van der Waals surface area contributed by atoms with Crippen LogP contribution in [0.25, 0.3) is 0 Å². The lowest BCUT2D eigenvalue weighted by Gasteiger charge is -2.12. The van der Waals surface area contributed by atoms with Crippen molar-refractivity contribution in [3.8, 4) is 0 Å². The third-order valence-electron chi connectivity index (χ3n) is 3.57. The van der Waals surface area contributed by atoms with Gasteiger partial charge in [0.05, 0.1) is 6.61 Å². The van der Waals surface area contributed by atoms with Crippen molar-refractivity contribution < 1.29 is 14.6 Å². The van der Waals surface area contributed by atoms with E-state index in [9.17, 15) is 9.90 Å². The van der Waals surface area contributed by atoms with Crippen LogP contribution in [0.5, 0.6) is 0 Å². The number of halogens is 1. The lowest BCUT2D eigenvalue weighted by Crippen LogP contribution is -2.19. The molecule has 0 aromatic heterocycles. The van der Waals surface area contributed by atoms with E-state index in [1.165, 1.54) is 24.8 Å². The largest absolute Gasteiger partial charge is 0.480 e. The van der Waals surface area contributed by atoms with Gasteiger partial charge < -0.3 is 9.84 Å². The van der Waals surface area contributed by atoms with E-state index in [1.807, 2.05) is 24.3 Å². The number of carboxylic acids is 1. The van der Waals surface area contributed by atoms with Gasteiger partial charge in [-0.2, -0.15) is 0 Å². The van der Waals surface area contributed by atoms with Crippen LogP contribution in [0.15, 0.2) is 24.3 Å². The molecule has 1 aromatic rings. The van der Waals surface area contributed by atoms with E-state index < -0.39 is 5.97 Å². The van der Waals surface area contributed by atoms with Crippen LogP contribution in [0, 0.1) is 0 Å². The Balaban J connectivity index is 2.12. The number of aliphatic carboxylic acids is 1. The van der Waals surface area contributed by atoms with Crippen LogP contribution in [0.3, 0.4) is 0 Å². The molecule has 0 aliphatic rings. The maximum Gasteiger partial charge on any atom is 0.316 e. The summed E-state index contributed by atoms with van der Waals surface area (Å²) in [6, 6.07) is 7.70. The summed E-state index contributed by atoms with van der Waals surface area (Å²) in [5, 5.41) is 9.62. The highest BCUT2D eigenvalue weighted by atomic mass is 35.5. The molecule has 1 N–H and O–H groups in total. The van der Waals surface area contributed by atoms with Crippen molar-refractivity contribution in [3.63, 3.8) is 0 Å². The van der Waals surface area contributed by atoms with Gasteiger partial charge in [0.15, 0.2) is 0 Å². The van der Waals surface area contributed by atoms with Crippen molar-refractivity contribution in [2.45, 2.75) is 50.7 Å². The van der Waals surface area contributed by atoms with Gasteiger partial charge in [-0.05, 0) is 42.7 Å². The molecular formula is C18H27ClO3S. The molecule has 1 unspecified atom stereocenters. The molecule has 0 spiro atoms. The molecule has 5 heteroatoms. The molecule has 3 nitrogen and oxygen atoms in total. The minimum atomic E-state index is -0.730. The molecule has 1 rings (SSSR count). The summed E-state index contributed by atoms with van der Waals surface area (Å²) >= 11 is 7.38. The van der Waals surface area contributed by atoms with Crippen LogP contribution >= 0.6 is 23.4 Å². The average molecular weight is 359 g/mol. The van der Waals surface area contributed by atoms with Gasteiger partial charge in [-0.3, -0.25) is 4.79 Å². The van der Waals surface area contributed by atoms with Crippen molar-refractivity contribution >= 4 is 29.3 Å². The molecule has 23 heavy (non-hydrogen) atoms. The summed E-state index contributed by atoms with van der Waals surface area (Å²) in [6.07, 6.45) is 6.10. The van der Waals surface area contributed by atoms with Crippen LogP contribution < -0.4 is 0 Å². The van der Waals surface area contributed by atoms with Crippen LogP contribution in [0.2, 0.25) is 5.02 Å². The van der Waals surface area contributed by atoms with Crippen molar-refractivity contribution in [2.75, 3.05) is 19.0 Å². The van der Waals surface area contributed by atoms with E-state index in [1.54, 1.807) is 11.8 Å². The minimum absolute atomic E-state index is 0.354. The van der Waals surface area contributed by atoms with Gasteiger partial charge in [0, 0.05) is 11.6 Å². The van der Waals surface area contributed by atoms with Gasteiger partial charge in [-0.15, -0.1) is 11.8 Å². The van der Waals surface area contributed by atoms with E-state index in [4.69, 9.17) is 16.3 Å². The lowest BCUT2D eigenvalue weighted by atomic mass is 10.2. The minimum Gasteiger partial charge on any atom is -0.480 e. The number of hydrogen-bond donors (Lipinski definition) is 1. The first-order valence-corrected chi connectivity index (χ1v) is 9.72. The third kappa shape index (κ3) is 9.90. The summed E-state index contributed by atoms with van der Waals surface area (Å²) in [6.45, 7) is 3.27. The summed E-state index contributed by atoms with van der Waals surface area (Å²) in [5.74, 6) is 0.189. The zero-order valence-corrected chi connectivity index (χ0v) is 15.4. The van der Waals surface area contributed by atoms with Gasteiger partial charge in [0.1, 0.15) is 5.25 Å².